The van der Waals surface area contributed by atoms with Gasteiger partial charge in [-0.1, -0.05) is 0 Å². The van der Waals surface area contributed by atoms with Crippen molar-refractivity contribution in [2.45, 2.75) is 0 Å². The fraction of sp³-hybridized carbons (Fsp3) is 0. The Balaban J connectivity index is 2.19. The lowest BCUT2D eigenvalue weighted by Gasteiger charge is -1.99. The third-order valence-corrected chi connectivity index (χ3v) is 2.54. The third kappa shape index (κ3) is 1.69. The van der Waals surface area contributed by atoms with E-state index in [0.29, 0.717) is 22.9 Å². The Morgan fingerprint density at radius 2 is 1.72 bits per heavy atom. The van der Waals surface area contributed by atoms with E-state index in [1.54, 1.807) is 12.1 Å². The molecule has 0 amide bonds. The number of hydrogen-bond acceptors (Lipinski definition) is 5. The summed E-state index contributed by atoms with van der Waals surface area (Å²) in [6.07, 6.45) is 0. The van der Waals surface area contributed by atoms with Crippen molar-refractivity contribution in [3.8, 4) is 22.9 Å². The number of aromatic hydroxyl groups is 2. The molecular formula is C12H10N4O2. The zero-order valence-electron chi connectivity index (χ0n) is 9.25. The monoisotopic (exact) mass is 242 g/mol. The summed E-state index contributed by atoms with van der Waals surface area (Å²) in [5.74, 6) is 0.837. The van der Waals surface area contributed by atoms with E-state index in [-0.39, 0.29) is 11.5 Å². The molecule has 0 aliphatic rings. The van der Waals surface area contributed by atoms with Crippen LogP contribution in [0.3, 0.4) is 0 Å². The highest BCUT2D eigenvalue weighted by Gasteiger charge is 2.08. The molecule has 0 bridgehead atoms. The molecule has 0 aliphatic heterocycles. The largest absolute Gasteiger partial charge is 0.508 e. The molecule has 18 heavy (non-hydrogen) atoms. The molecule has 6 nitrogen and oxygen atoms in total. The molecule has 0 radical (unpaired) electrons. The molecule has 0 fully saturated rings. The van der Waals surface area contributed by atoms with Crippen LogP contribution in [-0.4, -0.2) is 25.2 Å². The van der Waals surface area contributed by atoms with Crippen LogP contribution in [0.4, 0.5) is 5.82 Å². The lowest BCUT2D eigenvalue weighted by molar-refractivity contribution is 0.451. The molecule has 0 spiro atoms. The number of aromatic amines is 1. The smallest absolute Gasteiger partial charge is 0.180 e. The highest BCUT2D eigenvalue weighted by Crippen LogP contribution is 2.27. The van der Waals surface area contributed by atoms with Gasteiger partial charge in [0.1, 0.15) is 23.1 Å². The summed E-state index contributed by atoms with van der Waals surface area (Å²) in [6, 6.07) is 7.70. The van der Waals surface area contributed by atoms with E-state index in [0.717, 1.165) is 5.52 Å². The summed E-state index contributed by atoms with van der Waals surface area (Å²) < 4.78 is 0. The van der Waals surface area contributed by atoms with Crippen LogP contribution in [0.1, 0.15) is 0 Å². The first-order chi connectivity index (χ1) is 8.61. The number of phenols is 2. The fourth-order valence-electron chi connectivity index (χ4n) is 1.78. The minimum Gasteiger partial charge on any atom is -0.508 e. The number of phenolic OH excluding ortho intramolecular Hbond substituents is 2. The topological polar surface area (TPSA) is 108 Å². The number of H-pyrrole nitrogens is 1. The van der Waals surface area contributed by atoms with E-state index in [1.165, 1.54) is 18.2 Å². The van der Waals surface area contributed by atoms with Crippen LogP contribution in [0, 0.1) is 0 Å². The molecular weight excluding hydrogens is 232 g/mol. The number of nitrogens with one attached hydrogen (secondary N) is 1. The second kappa shape index (κ2) is 3.63. The first-order valence-electron chi connectivity index (χ1n) is 5.27. The standard InChI is InChI=1S/C12H10N4O2/c13-10-2-1-9-12(15-10)16-11(14-9)6-3-7(17)5-8(18)4-6/h1-5,17-18H,(H3,13,14,15,16). The van der Waals surface area contributed by atoms with Gasteiger partial charge in [-0.2, -0.15) is 0 Å². The van der Waals surface area contributed by atoms with Crippen molar-refractivity contribution in [1.29, 1.82) is 0 Å². The molecule has 5 N–H and O–H groups in total. The third-order valence-electron chi connectivity index (χ3n) is 2.54. The van der Waals surface area contributed by atoms with Gasteiger partial charge >= 0.3 is 0 Å². The maximum absolute atomic E-state index is 9.44. The average Bonchev–Trinajstić information content (AvgIpc) is 2.70. The van der Waals surface area contributed by atoms with E-state index < -0.39 is 0 Å². The second-order valence-corrected chi connectivity index (χ2v) is 3.93. The second-order valence-electron chi connectivity index (χ2n) is 3.93. The minimum atomic E-state index is -0.0297. The van der Waals surface area contributed by atoms with Gasteiger partial charge in [-0.25, -0.2) is 9.97 Å². The number of aromatic nitrogens is 3. The van der Waals surface area contributed by atoms with Gasteiger partial charge in [0.05, 0.1) is 5.52 Å². The van der Waals surface area contributed by atoms with Gasteiger partial charge in [0.15, 0.2) is 5.65 Å². The van der Waals surface area contributed by atoms with Gasteiger partial charge in [-0.05, 0) is 24.3 Å². The molecule has 6 heteroatoms. The van der Waals surface area contributed by atoms with E-state index in [2.05, 4.69) is 15.0 Å². The number of hydrogen-bond donors (Lipinski definition) is 4. The van der Waals surface area contributed by atoms with Crippen LogP contribution < -0.4 is 5.73 Å². The van der Waals surface area contributed by atoms with Crippen molar-refractivity contribution in [2.24, 2.45) is 0 Å². The number of fused-ring (bicyclic) bond motifs is 1. The zero-order chi connectivity index (χ0) is 12.7. The van der Waals surface area contributed by atoms with E-state index in [1.807, 2.05) is 0 Å². The quantitative estimate of drug-likeness (QED) is 0.518. The highest BCUT2D eigenvalue weighted by molar-refractivity contribution is 5.77. The van der Waals surface area contributed by atoms with Crippen LogP contribution >= 0.6 is 0 Å². The summed E-state index contributed by atoms with van der Waals surface area (Å²) in [6.45, 7) is 0. The van der Waals surface area contributed by atoms with Gasteiger partial charge in [0, 0.05) is 11.6 Å². The fourth-order valence-corrected chi connectivity index (χ4v) is 1.78. The Morgan fingerprint density at radius 3 is 2.44 bits per heavy atom. The van der Waals surface area contributed by atoms with Crippen molar-refractivity contribution < 1.29 is 10.2 Å². The van der Waals surface area contributed by atoms with Crippen molar-refractivity contribution in [1.82, 2.24) is 15.0 Å². The summed E-state index contributed by atoms with van der Waals surface area (Å²) in [4.78, 5) is 11.4. The summed E-state index contributed by atoms with van der Waals surface area (Å²) in [5, 5.41) is 18.9. The average molecular weight is 242 g/mol. The Kier molecular flexibility index (Phi) is 2.09. The molecule has 90 valence electrons. The number of anilines is 1. The maximum atomic E-state index is 9.44. The van der Waals surface area contributed by atoms with Gasteiger partial charge in [-0.15, -0.1) is 0 Å². The number of nitrogens with zero attached hydrogens (tertiary/aromatic N) is 2. The maximum Gasteiger partial charge on any atom is 0.180 e. The predicted octanol–water partition coefficient (Wildman–Crippen LogP) is 1.62. The zero-order valence-corrected chi connectivity index (χ0v) is 9.25. The molecule has 2 heterocycles. The van der Waals surface area contributed by atoms with E-state index in [9.17, 15) is 10.2 Å². The number of nitrogen functional groups attached to an aromatic ring is 1. The number of imidazole rings is 1. The molecule has 0 unspecified atom stereocenters. The van der Waals surface area contributed by atoms with Crippen LogP contribution in [-0.2, 0) is 0 Å². The van der Waals surface area contributed by atoms with Gasteiger partial charge < -0.3 is 20.9 Å². The lowest BCUT2D eigenvalue weighted by Crippen LogP contribution is -1.88. The number of nitrogens with two attached hydrogens (primary N) is 1. The van der Waals surface area contributed by atoms with Crippen LogP contribution in [0.15, 0.2) is 30.3 Å². The summed E-state index contributed by atoms with van der Waals surface area (Å²) in [5.41, 5.74) is 7.38. The van der Waals surface area contributed by atoms with Crippen LogP contribution in [0.25, 0.3) is 22.6 Å². The first kappa shape index (κ1) is 10.4. The first-order valence-corrected chi connectivity index (χ1v) is 5.27. The molecule has 0 aliphatic carbocycles. The number of rotatable bonds is 1. The predicted molar refractivity (Wildman–Crippen MR) is 67.1 cm³/mol. The van der Waals surface area contributed by atoms with Crippen molar-refractivity contribution >= 4 is 17.0 Å². The van der Waals surface area contributed by atoms with E-state index >= 15 is 0 Å². The Bertz CT molecular complexity index is 716. The van der Waals surface area contributed by atoms with Crippen molar-refractivity contribution in [2.75, 3.05) is 5.73 Å². The van der Waals surface area contributed by atoms with Gasteiger partial charge in [-0.3, -0.25) is 0 Å². The minimum absolute atomic E-state index is 0.0297. The highest BCUT2D eigenvalue weighted by atomic mass is 16.3. The van der Waals surface area contributed by atoms with Gasteiger partial charge in [0.2, 0.25) is 0 Å². The number of pyridine rings is 1. The van der Waals surface area contributed by atoms with Gasteiger partial charge in [0.25, 0.3) is 0 Å². The lowest BCUT2D eigenvalue weighted by atomic mass is 10.2. The Labute approximate surface area is 102 Å². The molecule has 0 saturated heterocycles. The number of benzene rings is 1. The Hall–Kier alpha value is -2.76. The van der Waals surface area contributed by atoms with Crippen LogP contribution in [0.5, 0.6) is 11.5 Å². The molecule has 1 aromatic carbocycles. The normalized spacial score (nSPS) is 10.9. The molecule has 3 aromatic rings. The summed E-state index contributed by atoms with van der Waals surface area (Å²) in [7, 11) is 0. The van der Waals surface area contributed by atoms with Crippen LogP contribution in [0.2, 0.25) is 0 Å². The van der Waals surface area contributed by atoms with Crippen molar-refractivity contribution in [3.63, 3.8) is 0 Å². The van der Waals surface area contributed by atoms with E-state index in [4.69, 9.17) is 5.73 Å². The van der Waals surface area contributed by atoms with Crippen molar-refractivity contribution in [3.05, 3.63) is 30.3 Å². The Morgan fingerprint density at radius 1 is 1.00 bits per heavy atom. The molecule has 3 rings (SSSR count). The SMILES string of the molecule is Nc1ccc2[nH]c(-c3cc(O)cc(O)c3)nc2n1. The molecule has 0 saturated carbocycles. The molecule has 0 atom stereocenters. The molecule has 2 aromatic heterocycles. The summed E-state index contributed by atoms with van der Waals surface area (Å²) >= 11 is 0.